The van der Waals surface area contributed by atoms with Gasteiger partial charge >= 0.3 is 0 Å². The summed E-state index contributed by atoms with van der Waals surface area (Å²) in [6, 6.07) is 17.5. The number of carbonyl (C=O) groups is 2. The lowest BCUT2D eigenvalue weighted by Crippen LogP contribution is -2.45. The van der Waals surface area contributed by atoms with Crippen LogP contribution in [0.5, 0.6) is 0 Å². The van der Waals surface area contributed by atoms with Crippen LogP contribution in [0, 0.1) is 0 Å². The molecule has 0 aliphatic carbocycles. The molecule has 2 amide bonds. The summed E-state index contributed by atoms with van der Waals surface area (Å²) < 4.78 is 25.9. The van der Waals surface area contributed by atoms with Crippen molar-refractivity contribution in [2.75, 3.05) is 15.9 Å². The molecule has 2 N–H and O–H groups in total. The molecule has 32 heavy (non-hydrogen) atoms. The summed E-state index contributed by atoms with van der Waals surface area (Å²) in [5.74, 6) is -0.938. The number of rotatable bonds is 8. The number of pyridine rings is 1. The SMILES string of the molecule is CC(C(=O)Nc1ccccc1C(=O)NCc1cccnc1)N(c1ccccc1)S(C)(=O)=O. The number of aromatic nitrogens is 1. The summed E-state index contributed by atoms with van der Waals surface area (Å²) in [5, 5.41) is 5.49. The van der Waals surface area contributed by atoms with E-state index in [-0.39, 0.29) is 23.7 Å². The van der Waals surface area contributed by atoms with Crippen molar-refractivity contribution in [2.45, 2.75) is 19.5 Å². The van der Waals surface area contributed by atoms with Gasteiger partial charge in [-0.3, -0.25) is 18.9 Å². The van der Waals surface area contributed by atoms with E-state index >= 15 is 0 Å². The number of hydrogen-bond donors (Lipinski definition) is 2. The predicted molar refractivity (Wildman–Crippen MR) is 124 cm³/mol. The van der Waals surface area contributed by atoms with Crippen LogP contribution >= 0.6 is 0 Å². The highest BCUT2D eigenvalue weighted by atomic mass is 32.2. The molecule has 0 spiro atoms. The van der Waals surface area contributed by atoms with Gasteiger partial charge in [0.05, 0.1) is 23.2 Å². The normalized spacial score (nSPS) is 11.9. The van der Waals surface area contributed by atoms with Crippen LogP contribution < -0.4 is 14.9 Å². The van der Waals surface area contributed by atoms with E-state index in [1.807, 2.05) is 6.07 Å². The highest BCUT2D eigenvalue weighted by molar-refractivity contribution is 7.92. The fourth-order valence-electron chi connectivity index (χ4n) is 3.19. The Morgan fingerprint density at radius 3 is 2.34 bits per heavy atom. The first-order chi connectivity index (χ1) is 15.3. The van der Waals surface area contributed by atoms with Crippen LogP contribution in [-0.4, -0.2) is 37.5 Å². The monoisotopic (exact) mass is 452 g/mol. The van der Waals surface area contributed by atoms with Gasteiger partial charge < -0.3 is 10.6 Å². The van der Waals surface area contributed by atoms with Gasteiger partial charge in [0.25, 0.3) is 5.91 Å². The number of sulfonamides is 1. The number of benzene rings is 2. The van der Waals surface area contributed by atoms with Crippen molar-refractivity contribution < 1.29 is 18.0 Å². The Hall–Kier alpha value is -3.72. The summed E-state index contributed by atoms with van der Waals surface area (Å²) >= 11 is 0. The van der Waals surface area contributed by atoms with E-state index in [2.05, 4.69) is 15.6 Å². The van der Waals surface area contributed by atoms with Crippen LogP contribution in [-0.2, 0) is 21.4 Å². The van der Waals surface area contributed by atoms with E-state index in [9.17, 15) is 18.0 Å². The largest absolute Gasteiger partial charge is 0.348 e. The molecule has 166 valence electrons. The van der Waals surface area contributed by atoms with Gasteiger partial charge in [0, 0.05) is 18.9 Å². The Balaban J connectivity index is 1.78. The predicted octanol–water partition coefficient (Wildman–Crippen LogP) is 2.80. The maximum Gasteiger partial charge on any atom is 0.253 e. The second-order valence-electron chi connectivity index (χ2n) is 7.15. The van der Waals surface area contributed by atoms with E-state index in [4.69, 9.17) is 0 Å². The molecular formula is C23H24N4O4S. The lowest BCUT2D eigenvalue weighted by molar-refractivity contribution is -0.116. The van der Waals surface area contributed by atoms with Crippen molar-refractivity contribution in [3.8, 4) is 0 Å². The molecule has 0 radical (unpaired) electrons. The average Bonchev–Trinajstić information content (AvgIpc) is 2.78. The maximum absolute atomic E-state index is 13.0. The van der Waals surface area contributed by atoms with Crippen molar-refractivity contribution in [3.05, 3.63) is 90.3 Å². The first-order valence-corrected chi connectivity index (χ1v) is 11.7. The molecular weight excluding hydrogens is 428 g/mol. The van der Waals surface area contributed by atoms with Crippen molar-refractivity contribution in [3.63, 3.8) is 0 Å². The fraction of sp³-hybridized carbons (Fsp3) is 0.174. The maximum atomic E-state index is 13.0. The Bertz CT molecular complexity index is 1180. The van der Waals surface area contributed by atoms with Crippen LogP contribution in [0.1, 0.15) is 22.8 Å². The fourth-order valence-corrected chi connectivity index (χ4v) is 4.37. The molecule has 1 unspecified atom stereocenters. The van der Waals surface area contributed by atoms with Gasteiger partial charge in [0.2, 0.25) is 15.9 Å². The van der Waals surface area contributed by atoms with E-state index < -0.39 is 22.0 Å². The Kier molecular flexibility index (Phi) is 7.21. The van der Waals surface area contributed by atoms with Gasteiger partial charge in [-0.15, -0.1) is 0 Å². The highest BCUT2D eigenvalue weighted by Crippen LogP contribution is 2.22. The third-order valence-electron chi connectivity index (χ3n) is 4.70. The zero-order chi connectivity index (χ0) is 23.1. The molecule has 0 aliphatic heterocycles. The zero-order valence-corrected chi connectivity index (χ0v) is 18.5. The molecule has 1 atom stereocenters. The second kappa shape index (κ2) is 10.1. The van der Waals surface area contributed by atoms with Crippen LogP contribution in [0.25, 0.3) is 0 Å². The van der Waals surface area contributed by atoms with Crippen molar-refractivity contribution in [1.29, 1.82) is 0 Å². The smallest absolute Gasteiger partial charge is 0.253 e. The van der Waals surface area contributed by atoms with Gasteiger partial charge in [0.15, 0.2) is 0 Å². The lowest BCUT2D eigenvalue weighted by Gasteiger charge is -2.28. The quantitative estimate of drug-likeness (QED) is 0.546. The average molecular weight is 453 g/mol. The van der Waals surface area contributed by atoms with Gasteiger partial charge in [0.1, 0.15) is 6.04 Å². The van der Waals surface area contributed by atoms with E-state index in [0.29, 0.717) is 5.69 Å². The molecule has 1 aromatic heterocycles. The standard InChI is InChI=1S/C23H24N4O4S/c1-17(27(32(2,30)31)19-10-4-3-5-11-19)22(28)26-21-13-7-6-12-20(21)23(29)25-16-18-9-8-14-24-15-18/h3-15,17H,16H2,1-2H3,(H,25,29)(H,26,28). The van der Waals surface area contributed by atoms with Crippen molar-refractivity contribution >= 4 is 33.2 Å². The number of nitrogens with zero attached hydrogens (tertiary/aromatic N) is 2. The van der Waals surface area contributed by atoms with Crippen LogP contribution in [0.2, 0.25) is 0 Å². The third kappa shape index (κ3) is 5.70. The molecule has 3 aromatic rings. The Labute approximate surface area is 187 Å². The first-order valence-electron chi connectivity index (χ1n) is 9.89. The third-order valence-corrected chi connectivity index (χ3v) is 5.95. The molecule has 0 aliphatic rings. The van der Waals surface area contributed by atoms with E-state index in [1.54, 1.807) is 73.1 Å². The van der Waals surface area contributed by atoms with Crippen LogP contribution in [0.4, 0.5) is 11.4 Å². The van der Waals surface area contributed by atoms with Crippen LogP contribution in [0.15, 0.2) is 79.1 Å². The minimum Gasteiger partial charge on any atom is -0.348 e. The summed E-state index contributed by atoms with van der Waals surface area (Å²) in [6.45, 7) is 1.77. The lowest BCUT2D eigenvalue weighted by atomic mass is 10.1. The highest BCUT2D eigenvalue weighted by Gasteiger charge is 2.29. The Morgan fingerprint density at radius 1 is 1.00 bits per heavy atom. The van der Waals surface area contributed by atoms with Crippen molar-refractivity contribution in [1.82, 2.24) is 10.3 Å². The summed E-state index contributed by atoms with van der Waals surface area (Å²) in [4.78, 5) is 29.7. The first kappa shape index (κ1) is 23.0. The molecule has 2 aromatic carbocycles. The van der Waals surface area contributed by atoms with E-state index in [1.165, 1.54) is 6.92 Å². The molecule has 8 nitrogen and oxygen atoms in total. The van der Waals surface area contributed by atoms with Gasteiger partial charge in [-0.2, -0.15) is 0 Å². The van der Waals surface area contributed by atoms with Gasteiger partial charge in [-0.05, 0) is 42.8 Å². The number of hydrogen-bond acceptors (Lipinski definition) is 5. The van der Waals surface area contributed by atoms with Gasteiger partial charge in [-0.25, -0.2) is 8.42 Å². The number of nitrogens with one attached hydrogen (secondary N) is 2. The summed E-state index contributed by atoms with van der Waals surface area (Å²) in [5.41, 5.74) is 1.76. The number of carbonyl (C=O) groups excluding carboxylic acids is 2. The van der Waals surface area contributed by atoms with Gasteiger partial charge in [-0.1, -0.05) is 36.4 Å². The molecule has 0 saturated carbocycles. The zero-order valence-electron chi connectivity index (χ0n) is 17.7. The number of anilines is 2. The van der Waals surface area contributed by atoms with Crippen LogP contribution in [0.3, 0.4) is 0 Å². The molecule has 0 fully saturated rings. The topological polar surface area (TPSA) is 108 Å². The molecule has 9 heteroatoms. The molecule has 0 bridgehead atoms. The molecule has 0 saturated heterocycles. The summed E-state index contributed by atoms with van der Waals surface area (Å²) in [6.07, 6.45) is 4.34. The minimum absolute atomic E-state index is 0.266. The number of amides is 2. The summed E-state index contributed by atoms with van der Waals surface area (Å²) in [7, 11) is -3.73. The number of para-hydroxylation sites is 2. The minimum atomic E-state index is -3.73. The molecule has 3 rings (SSSR count). The molecule has 1 heterocycles. The Morgan fingerprint density at radius 2 is 1.69 bits per heavy atom. The second-order valence-corrected chi connectivity index (χ2v) is 9.01. The van der Waals surface area contributed by atoms with E-state index in [0.717, 1.165) is 16.1 Å². The van der Waals surface area contributed by atoms with Crippen molar-refractivity contribution in [2.24, 2.45) is 0 Å².